The summed E-state index contributed by atoms with van der Waals surface area (Å²) in [5, 5.41) is 14.3. The molecule has 4 heteroatoms. The molecule has 0 spiro atoms. The van der Waals surface area contributed by atoms with E-state index in [-0.39, 0.29) is 0 Å². The molecule has 0 aliphatic carbocycles. The highest BCUT2D eigenvalue weighted by molar-refractivity contribution is 6.30. The van der Waals surface area contributed by atoms with Crippen molar-refractivity contribution in [1.82, 2.24) is 0 Å². The van der Waals surface area contributed by atoms with Gasteiger partial charge in [0.15, 0.2) is 0 Å². The Hall–Kier alpha value is -2.62. The highest BCUT2D eigenvalue weighted by Crippen LogP contribution is 2.08. The van der Waals surface area contributed by atoms with Gasteiger partial charge in [-0.25, -0.2) is 0 Å². The number of nitrogens with zero attached hydrogens (tertiary/aromatic N) is 1. The van der Waals surface area contributed by atoms with Crippen LogP contribution in [0.3, 0.4) is 0 Å². The highest BCUT2D eigenvalue weighted by Gasteiger charge is 2.05. The number of anilines is 1. The molecular formula is C14H12N2O2. The van der Waals surface area contributed by atoms with Gasteiger partial charge in [0.05, 0.1) is 0 Å². The van der Waals surface area contributed by atoms with E-state index >= 15 is 0 Å². The molecular weight excluding hydrogens is 228 g/mol. The summed E-state index contributed by atoms with van der Waals surface area (Å²) in [4.78, 5) is 11.6. The third-order valence-electron chi connectivity index (χ3n) is 2.29. The molecule has 0 heterocycles. The van der Waals surface area contributed by atoms with Gasteiger partial charge >= 0.3 is 5.91 Å². The summed E-state index contributed by atoms with van der Waals surface area (Å²) in [6.07, 6.45) is 0.975. The second kappa shape index (κ2) is 5.63. The van der Waals surface area contributed by atoms with Gasteiger partial charge < -0.3 is 10.5 Å². The molecule has 0 bridgehead atoms. The van der Waals surface area contributed by atoms with Gasteiger partial charge in [-0.05, 0) is 12.1 Å². The molecule has 0 atom stereocenters. The van der Waals surface area contributed by atoms with Gasteiger partial charge in [-0.3, -0.25) is 4.79 Å². The average Bonchev–Trinajstić information content (AvgIpc) is 2.40. The first-order valence-corrected chi connectivity index (χ1v) is 5.48. The van der Waals surface area contributed by atoms with Crippen LogP contribution >= 0.6 is 0 Å². The molecule has 2 rings (SSSR count). The molecule has 0 fully saturated rings. The first-order valence-electron chi connectivity index (χ1n) is 5.48. The zero-order chi connectivity index (χ0) is 12.8. The van der Waals surface area contributed by atoms with Crippen LogP contribution in [0.5, 0.6) is 0 Å². The number of hydrogen-bond donors (Lipinski definition) is 1. The van der Waals surface area contributed by atoms with Crippen LogP contribution in [0, 0.1) is 5.21 Å². The number of hydrogen-bond acceptors (Lipinski definition) is 2. The third kappa shape index (κ3) is 3.18. The molecule has 90 valence electrons. The van der Waals surface area contributed by atoms with Crippen molar-refractivity contribution in [2.75, 3.05) is 5.32 Å². The van der Waals surface area contributed by atoms with E-state index in [9.17, 15) is 10.0 Å². The lowest BCUT2D eigenvalue weighted by molar-refractivity contribution is -0.354. The van der Waals surface area contributed by atoms with Crippen LogP contribution in [-0.4, -0.2) is 16.9 Å². The maximum absolute atomic E-state index is 11.6. The van der Waals surface area contributed by atoms with Crippen LogP contribution in [0.25, 0.3) is 0 Å². The summed E-state index contributed by atoms with van der Waals surface area (Å²) >= 11 is 0. The number of carbonyl (C=O) groups is 1. The van der Waals surface area contributed by atoms with Crippen molar-refractivity contribution in [1.29, 1.82) is 0 Å². The largest absolute Gasteiger partial charge is 0.618 e. The fourth-order valence-corrected chi connectivity index (χ4v) is 1.45. The van der Waals surface area contributed by atoms with E-state index in [1.54, 1.807) is 42.5 Å². The highest BCUT2D eigenvalue weighted by atomic mass is 16.5. The number of rotatable bonds is 3. The molecule has 0 aliphatic rings. The van der Waals surface area contributed by atoms with Crippen molar-refractivity contribution < 1.29 is 9.53 Å². The minimum atomic E-state index is -0.458. The van der Waals surface area contributed by atoms with Crippen molar-refractivity contribution >= 4 is 23.5 Å². The molecule has 2 aromatic rings. The summed E-state index contributed by atoms with van der Waals surface area (Å²) < 4.78 is 0.540. The molecule has 1 amide bonds. The SMILES string of the molecule is O=C(/C=[N+](\[O-])c1ccccc1)Nc1ccccc1. The Morgan fingerprint density at radius 3 is 2.17 bits per heavy atom. The fourth-order valence-electron chi connectivity index (χ4n) is 1.45. The van der Waals surface area contributed by atoms with Gasteiger partial charge in [0.25, 0.3) is 0 Å². The zero-order valence-electron chi connectivity index (χ0n) is 9.61. The molecule has 1 N–H and O–H groups in total. The molecule has 18 heavy (non-hydrogen) atoms. The van der Waals surface area contributed by atoms with E-state index in [2.05, 4.69) is 5.32 Å². The summed E-state index contributed by atoms with van der Waals surface area (Å²) in [7, 11) is 0. The molecule has 2 aromatic carbocycles. The van der Waals surface area contributed by atoms with Crippen molar-refractivity contribution in [3.63, 3.8) is 0 Å². The third-order valence-corrected chi connectivity index (χ3v) is 2.29. The van der Waals surface area contributed by atoms with Crippen LogP contribution < -0.4 is 5.32 Å². The van der Waals surface area contributed by atoms with Crippen molar-refractivity contribution in [3.8, 4) is 0 Å². The fraction of sp³-hybridized carbons (Fsp3) is 0. The van der Waals surface area contributed by atoms with Crippen molar-refractivity contribution in [2.45, 2.75) is 0 Å². The number of amides is 1. The molecule has 0 saturated heterocycles. The lowest BCUT2D eigenvalue weighted by atomic mass is 10.3. The predicted molar refractivity (Wildman–Crippen MR) is 70.9 cm³/mol. The standard InChI is InChI=1S/C14H12N2O2/c17-14(15-12-7-3-1-4-8-12)11-16(18)13-9-5-2-6-10-13/h1-11H,(H,15,17)/b16-11-. The first-order chi connectivity index (χ1) is 8.75. The molecule has 0 aromatic heterocycles. The Morgan fingerprint density at radius 1 is 1.00 bits per heavy atom. The Bertz CT molecular complexity index is 551. The summed E-state index contributed by atoms with van der Waals surface area (Å²) in [5.41, 5.74) is 1.07. The molecule has 0 aliphatic heterocycles. The van der Waals surface area contributed by atoms with Gasteiger partial charge in [0.2, 0.25) is 11.9 Å². The predicted octanol–water partition coefficient (Wildman–Crippen LogP) is 2.54. The van der Waals surface area contributed by atoms with Gasteiger partial charge in [-0.1, -0.05) is 36.4 Å². The Balaban J connectivity index is 2.07. The van der Waals surface area contributed by atoms with Crippen molar-refractivity contribution in [2.24, 2.45) is 0 Å². The average molecular weight is 240 g/mol. The number of benzene rings is 2. The molecule has 0 unspecified atom stereocenters. The first kappa shape index (κ1) is 11.9. The van der Waals surface area contributed by atoms with Crippen LogP contribution in [0.4, 0.5) is 11.4 Å². The van der Waals surface area contributed by atoms with Gasteiger partial charge in [0, 0.05) is 17.8 Å². The summed E-state index contributed by atoms with van der Waals surface area (Å²) in [5.74, 6) is -0.458. The normalized spacial score (nSPS) is 11.0. The minimum Gasteiger partial charge on any atom is -0.618 e. The van der Waals surface area contributed by atoms with Crippen LogP contribution in [0.15, 0.2) is 60.7 Å². The lowest BCUT2D eigenvalue weighted by Crippen LogP contribution is -2.17. The Kier molecular flexibility index (Phi) is 3.71. The number of carbonyl (C=O) groups excluding carboxylic acids is 1. The van der Waals surface area contributed by atoms with Crippen molar-refractivity contribution in [3.05, 3.63) is 65.9 Å². The molecule has 4 nitrogen and oxygen atoms in total. The van der Waals surface area contributed by atoms with Crippen LogP contribution in [0.2, 0.25) is 0 Å². The monoisotopic (exact) mass is 240 g/mol. The molecule has 0 radical (unpaired) electrons. The maximum atomic E-state index is 11.6. The van der Waals surface area contributed by atoms with E-state index in [4.69, 9.17) is 0 Å². The minimum absolute atomic E-state index is 0.417. The zero-order valence-corrected chi connectivity index (χ0v) is 9.61. The van der Waals surface area contributed by atoms with E-state index in [0.717, 1.165) is 6.21 Å². The summed E-state index contributed by atoms with van der Waals surface area (Å²) in [6, 6.07) is 17.5. The van der Waals surface area contributed by atoms with Gasteiger partial charge in [-0.15, -0.1) is 0 Å². The second-order valence-corrected chi connectivity index (χ2v) is 3.65. The molecule has 0 saturated carbocycles. The van der Waals surface area contributed by atoms with E-state index < -0.39 is 5.91 Å². The van der Waals surface area contributed by atoms with E-state index in [0.29, 0.717) is 16.1 Å². The smallest absolute Gasteiger partial charge is 0.313 e. The quantitative estimate of drug-likeness (QED) is 0.388. The Labute approximate surface area is 105 Å². The van der Waals surface area contributed by atoms with Crippen LogP contribution in [-0.2, 0) is 4.79 Å². The second-order valence-electron chi connectivity index (χ2n) is 3.65. The Morgan fingerprint density at radius 2 is 1.56 bits per heavy atom. The topological polar surface area (TPSA) is 55.2 Å². The summed E-state index contributed by atoms with van der Waals surface area (Å²) in [6.45, 7) is 0. The lowest BCUT2D eigenvalue weighted by Gasteiger charge is -2.03. The number of para-hydroxylation sites is 2. The van der Waals surface area contributed by atoms with E-state index in [1.807, 2.05) is 18.2 Å². The van der Waals surface area contributed by atoms with Crippen LogP contribution in [0.1, 0.15) is 0 Å². The maximum Gasteiger partial charge on any atom is 0.313 e. The van der Waals surface area contributed by atoms with E-state index in [1.165, 1.54) is 0 Å². The van der Waals surface area contributed by atoms with Gasteiger partial charge in [-0.2, -0.15) is 4.74 Å². The number of nitrogens with one attached hydrogen (secondary N) is 1. The van der Waals surface area contributed by atoms with Gasteiger partial charge in [0.1, 0.15) is 0 Å².